The standard InChI is InChI=1S/C12H20ClN3O/c1-9-10(11(13)16(2)15-9)7-14-8-12(3-4-12)5-6-17/h14,17H,3-8H2,1-2H3. The normalized spacial score (nSPS) is 17.4. The van der Waals surface area contributed by atoms with Crippen molar-refractivity contribution in [3.8, 4) is 0 Å². The molecule has 2 N–H and O–H groups in total. The maximum absolute atomic E-state index is 8.99. The molecular formula is C12H20ClN3O. The Labute approximate surface area is 107 Å². The molecule has 1 aromatic heterocycles. The van der Waals surface area contributed by atoms with Gasteiger partial charge in [0.15, 0.2) is 0 Å². The smallest absolute Gasteiger partial charge is 0.131 e. The van der Waals surface area contributed by atoms with Gasteiger partial charge in [0.25, 0.3) is 0 Å². The zero-order chi connectivity index (χ0) is 12.5. The number of rotatable bonds is 6. The minimum atomic E-state index is 0.286. The molecule has 96 valence electrons. The van der Waals surface area contributed by atoms with Crippen LogP contribution in [0, 0.1) is 12.3 Å². The number of hydrogen-bond acceptors (Lipinski definition) is 3. The molecule has 4 nitrogen and oxygen atoms in total. The van der Waals surface area contributed by atoms with E-state index in [0.717, 1.165) is 30.8 Å². The fraction of sp³-hybridized carbons (Fsp3) is 0.750. The summed E-state index contributed by atoms with van der Waals surface area (Å²) in [4.78, 5) is 0. The topological polar surface area (TPSA) is 50.1 Å². The molecule has 0 aliphatic heterocycles. The molecule has 0 atom stereocenters. The van der Waals surface area contributed by atoms with Crippen molar-refractivity contribution < 1.29 is 5.11 Å². The minimum Gasteiger partial charge on any atom is -0.396 e. The van der Waals surface area contributed by atoms with Crippen LogP contribution in [0.15, 0.2) is 0 Å². The van der Waals surface area contributed by atoms with Gasteiger partial charge in [0.1, 0.15) is 5.15 Å². The molecule has 0 unspecified atom stereocenters. The number of hydrogen-bond donors (Lipinski definition) is 2. The molecule has 5 heteroatoms. The van der Waals surface area contributed by atoms with Gasteiger partial charge < -0.3 is 10.4 Å². The quantitative estimate of drug-likeness (QED) is 0.815. The van der Waals surface area contributed by atoms with E-state index in [1.54, 1.807) is 4.68 Å². The van der Waals surface area contributed by atoms with Gasteiger partial charge in [0, 0.05) is 32.3 Å². The fourth-order valence-electron chi connectivity index (χ4n) is 2.26. The maximum Gasteiger partial charge on any atom is 0.131 e. The van der Waals surface area contributed by atoms with E-state index in [-0.39, 0.29) is 6.61 Å². The highest BCUT2D eigenvalue weighted by molar-refractivity contribution is 6.30. The van der Waals surface area contributed by atoms with E-state index in [1.165, 1.54) is 12.8 Å². The number of halogens is 1. The van der Waals surface area contributed by atoms with E-state index < -0.39 is 0 Å². The van der Waals surface area contributed by atoms with Crippen LogP contribution in [0.1, 0.15) is 30.5 Å². The van der Waals surface area contributed by atoms with Crippen LogP contribution in [-0.2, 0) is 13.6 Å². The predicted molar refractivity (Wildman–Crippen MR) is 68.0 cm³/mol. The summed E-state index contributed by atoms with van der Waals surface area (Å²) in [5.74, 6) is 0. The summed E-state index contributed by atoms with van der Waals surface area (Å²) in [6.45, 7) is 3.97. The molecule has 0 spiro atoms. The van der Waals surface area contributed by atoms with Crippen LogP contribution in [0.25, 0.3) is 0 Å². The van der Waals surface area contributed by atoms with Crippen molar-refractivity contribution in [1.29, 1.82) is 0 Å². The van der Waals surface area contributed by atoms with Gasteiger partial charge >= 0.3 is 0 Å². The van der Waals surface area contributed by atoms with Crippen LogP contribution in [-0.4, -0.2) is 28.0 Å². The molecule has 0 bridgehead atoms. The highest BCUT2D eigenvalue weighted by Crippen LogP contribution is 2.47. The van der Waals surface area contributed by atoms with E-state index in [9.17, 15) is 0 Å². The largest absolute Gasteiger partial charge is 0.396 e. The van der Waals surface area contributed by atoms with Crippen LogP contribution in [0.4, 0.5) is 0 Å². The van der Waals surface area contributed by atoms with Crippen molar-refractivity contribution in [2.75, 3.05) is 13.2 Å². The molecule has 17 heavy (non-hydrogen) atoms. The van der Waals surface area contributed by atoms with Gasteiger partial charge in [-0.05, 0) is 31.6 Å². The first kappa shape index (κ1) is 12.9. The van der Waals surface area contributed by atoms with Crippen LogP contribution in [0.3, 0.4) is 0 Å². The Bertz CT molecular complexity index is 399. The lowest BCUT2D eigenvalue weighted by Crippen LogP contribution is -2.24. The Morgan fingerprint density at radius 2 is 2.24 bits per heavy atom. The van der Waals surface area contributed by atoms with Gasteiger partial charge in [-0.3, -0.25) is 4.68 Å². The number of nitrogens with zero attached hydrogens (tertiary/aromatic N) is 2. The summed E-state index contributed by atoms with van der Waals surface area (Å²) in [6, 6.07) is 0. The first-order valence-electron chi connectivity index (χ1n) is 6.07. The molecule has 1 aliphatic carbocycles. The zero-order valence-electron chi connectivity index (χ0n) is 10.5. The summed E-state index contributed by atoms with van der Waals surface area (Å²) in [6.07, 6.45) is 3.35. The summed E-state index contributed by atoms with van der Waals surface area (Å²) in [5, 5.41) is 17.4. The minimum absolute atomic E-state index is 0.286. The fourth-order valence-corrected chi connectivity index (χ4v) is 2.50. The van der Waals surface area contributed by atoms with Gasteiger partial charge in [0.05, 0.1) is 5.69 Å². The van der Waals surface area contributed by atoms with Gasteiger partial charge in [-0.2, -0.15) is 5.10 Å². The molecule has 1 aliphatic rings. The predicted octanol–water partition coefficient (Wildman–Crippen LogP) is 1.63. The Kier molecular flexibility index (Phi) is 3.76. The summed E-state index contributed by atoms with van der Waals surface area (Å²) >= 11 is 6.16. The van der Waals surface area contributed by atoms with E-state index in [1.807, 2.05) is 14.0 Å². The van der Waals surface area contributed by atoms with Crippen molar-refractivity contribution in [3.05, 3.63) is 16.4 Å². The van der Waals surface area contributed by atoms with Gasteiger partial charge in [-0.15, -0.1) is 0 Å². The second kappa shape index (κ2) is 4.96. The van der Waals surface area contributed by atoms with Crippen LogP contribution in [0.2, 0.25) is 5.15 Å². The lowest BCUT2D eigenvalue weighted by Gasteiger charge is -2.14. The van der Waals surface area contributed by atoms with Gasteiger partial charge in [-0.25, -0.2) is 0 Å². The Balaban J connectivity index is 1.86. The van der Waals surface area contributed by atoms with Crippen LogP contribution < -0.4 is 5.32 Å². The second-order valence-electron chi connectivity index (χ2n) is 5.06. The highest BCUT2D eigenvalue weighted by Gasteiger charge is 2.41. The molecule has 1 fully saturated rings. The van der Waals surface area contributed by atoms with Crippen LogP contribution in [0.5, 0.6) is 0 Å². The number of aryl methyl sites for hydroxylation is 2. The first-order chi connectivity index (χ1) is 8.08. The molecule has 1 heterocycles. The van der Waals surface area contributed by atoms with E-state index in [4.69, 9.17) is 16.7 Å². The lowest BCUT2D eigenvalue weighted by atomic mass is 10.0. The van der Waals surface area contributed by atoms with Crippen LogP contribution >= 0.6 is 11.6 Å². The van der Waals surface area contributed by atoms with Crippen molar-refractivity contribution in [2.24, 2.45) is 12.5 Å². The third-order valence-electron chi connectivity index (χ3n) is 3.67. The van der Waals surface area contributed by atoms with Crippen molar-refractivity contribution in [2.45, 2.75) is 32.7 Å². The Hall–Kier alpha value is -0.580. The zero-order valence-corrected chi connectivity index (χ0v) is 11.2. The number of aromatic nitrogens is 2. The third kappa shape index (κ3) is 2.81. The Morgan fingerprint density at radius 1 is 1.53 bits per heavy atom. The first-order valence-corrected chi connectivity index (χ1v) is 6.45. The lowest BCUT2D eigenvalue weighted by molar-refractivity contribution is 0.245. The molecule has 0 amide bonds. The monoisotopic (exact) mass is 257 g/mol. The van der Waals surface area contributed by atoms with E-state index in [2.05, 4.69) is 10.4 Å². The molecule has 1 aromatic rings. The average molecular weight is 258 g/mol. The number of aliphatic hydroxyl groups is 1. The SMILES string of the molecule is Cc1nn(C)c(Cl)c1CNCC1(CCO)CC1. The van der Waals surface area contributed by atoms with Gasteiger partial charge in [-0.1, -0.05) is 11.6 Å². The molecule has 0 saturated heterocycles. The Morgan fingerprint density at radius 3 is 2.71 bits per heavy atom. The van der Waals surface area contributed by atoms with Crippen molar-refractivity contribution >= 4 is 11.6 Å². The number of nitrogens with one attached hydrogen (secondary N) is 1. The summed E-state index contributed by atoms with van der Waals surface area (Å²) in [5.41, 5.74) is 2.41. The van der Waals surface area contributed by atoms with Crippen molar-refractivity contribution in [3.63, 3.8) is 0 Å². The van der Waals surface area contributed by atoms with E-state index in [0.29, 0.717) is 10.6 Å². The molecular weight excluding hydrogens is 238 g/mol. The summed E-state index contributed by atoms with van der Waals surface area (Å²) < 4.78 is 1.70. The second-order valence-corrected chi connectivity index (χ2v) is 5.41. The summed E-state index contributed by atoms with van der Waals surface area (Å²) in [7, 11) is 1.85. The number of aliphatic hydroxyl groups excluding tert-OH is 1. The third-order valence-corrected chi connectivity index (χ3v) is 4.14. The molecule has 0 aromatic carbocycles. The van der Waals surface area contributed by atoms with Gasteiger partial charge in [0.2, 0.25) is 0 Å². The van der Waals surface area contributed by atoms with Crippen molar-refractivity contribution in [1.82, 2.24) is 15.1 Å². The molecule has 2 rings (SSSR count). The molecule has 0 radical (unpaired) electrons. The average Bonchev–Trinajstić information content (AvgIpc) is 2.99. The maximum atomic E-state index is 8.99. The highest BCUT2D eigenvalue weighted by atomic mass is 35.5. The molecule has 1 saturated carbocycles. The van der Waals surface area contributed by atoms with E-state index >= 15 is 0 Å².